The average molecular weight is 241 g/mol. The Hall–Kier alpha value is -0.300. The van der Waals surface area contributed by atoms with Gasteiger partial charge in [-0.3, -0.25) is 0 Å². The predicted octanol–water partition coefficient (Wildman–Crippen LogP) is 4.19. The molecule has 72 valence electrons. The van der Waals surface area contributed by atoms with Gasteiger partial charge in [0.05, 0.1) is 0 Å². The number of alkyl halides is 1. The van der Waals surface area contributed by atoms with E-state index in [4.69, 9.17) is 0 Å². The zero-order valence-corrected chi connectivity index (χ0v) is 10.4. The molecule has 0 saturated carbocycles. The van der Waals surface area contributed by atoms with Crippen LogP contribution in [0.4, 0.5) is 0 Å². The lowest BCUT2D eigenvalue weighted by molar-refractivity contribution is 0.760. The maximum atomic E-state index is 3.63. The number of hydrogen-bond donors (Lipinski definition) is 0. The summed E-state index contributed by atoms with van der Waals surface area (Å²) in [5.41, 5.74) is 4.15. The number of benzene rings is 1. The molecule has 0 aliphatic carbocycles. The van der Waals surface area contributed by atoms with E-state index in [1.807, 2.05) is 0 Å². The molecule has 2 atom stereocenters. The van der Waals surface area contributed by atoms with Crippen molar-refractivity contribution in [1.29, 1.82) is 0 Å². The molecular weight excluding hydrogens is 224 g/mol. The molecule has 0 aliphatic heterocycles. The quantitative estimate of drug-likeness (QED) is 0.681. The summed E-state index contributed by atoms with van der Waals surface area (Å²) < 4.78 is 0. The van der Waals surface area contributed by atoms with Gasteiger partial charge in [-0.25, -0.2) is 0 Å². The SMILES string of the molecule is Cc1cc(C)cc(C(C)C(C)Br)c1. The Morgan fingerprint density at radius 3 is 1.85 bits per heavy atom. The van der Waals surface area contributed by atoms with E-state index < -0.39 is 0 Å². The Balaban J connectivity index is 3.01. The highest BCUT2D eigenvalue weighted by Crippen LogP contribution is 2.25. The minimum Gasteiger partial charge on any atom is -0.0887 e. The monoisotopic (exact) mass is 240 g/mol. The van der Waals surface area contributed by atoms with Crippen LogP contribution in [-0.4, -0.2) is 4.83 Å². The normalized spacial score (nSPS) is 15.5. The first-order chi connectivity index (χ1) is 6.00. The van der Waals surface area contributed by atoms with Gasteiger partial charge in [-0.15, -0.1) is 0 Å². The second-order valence-electron chi connectivity index (χ2n) is 3.89. The van der Waals surface area contributed by atoms with E-state index in [2.05, 4.69) is 61.8 Å². The van der Waals surface area contributed by atoms with Crippen LogP contribution in [0.2, 0.25) is 0 Å². The zero-order valence-electron chi connectivity index (χ0n) is 8.76. The Bertz CT molecular complexity index is 269. The fourth-order valence-electron chi connectivity index (χ4n) is 1.54. The van der Waals surface area contributed by atoms with E-state index in [1.54, 1.807) is 0 Å². The Labute approximate surface area is 89.5 Å². The summed E-state index contributed by atoms with van der Waals surface area (Å²) in [5, 5.41) is 0. The third-order valence-electron chi connectivity index (χ3n) is 2.46. The molecule has 0 aromatic heterocycles. The van der Waals surface area contributed by atoms with Gasteiger partial charge in [0.1, 0.15) is 0 Å². The number of rotatable bonds is 2. The zero-order chi connectivity index (χ0) is 10.0. The highest BCUT2D eigenvalue weighted by atomic mass is 79.9. The molecule has 0 N–H and O–H groups in total. The molecular formula is C12H17Br. The summed E-state index contributed by atoms with van der Waals surface area (Å²) in [7, 11) is 0. The fourth-order valence-corrected chi connectivity index (χ4v) is 1.84. The van der Waals surface area contributed by atoms with Crippen LogP contribution < -0.4 is 0 Å². The van der Waals surface area contributed by atoms with Crippen LogP contribution in [0.1, 0.15) is 36.5 Å². The van der Waals surface area contributed by atoms with E-state index in [-0.39, 0.29) is 0 Å². The summed E-state index contributed by atoms with van der Waals surface area (Å²) >= 11 is 3.63. The van der Waals surface area contributed by atoms with E-state index >= 15 is 0 Å². The van der Waals surface area contributed by atoms with E-state index in [1.165, 1.54) is 16.7 Å². The van der Waals surface area contributed by atoms with E-state index in [9.17, 15) is 0 Å². The smallest absolute Gasteiger partial charge is 0.0183 e. The first-order valence-corrected chi connectivity index (χ1v) is 5.64. The second kappa shape index (κ2) is 4.28. The molecule has 2 unspecified atom stereocenters. The Kier molecular flexibility index (Phi) is 3.55. The summed E-state index contributed by atoms with van der Waals surface area (Å²) in [6.45, 7) is 8.76. The van der Waals surface area contributed by atoms with Gasteiger partial charge < -0.3 is 0 Å². The third kappa shape index (κ3) is 2.84. The van der Waals surface area contributed by atoms with Crippen molar-refractivity contribution in [3.05, 3.63) is 34.9 Å². The average Bonchev–Trinajstić information content (AvgIpc) is 2.01. The van der Waals surface area contributed by atoms with Crippen molar-refractivity contribution in [3.8, 4) is 0 Å². The topological polar surface area (TPSA) is 0 Å². The van der Waals surface area contributed by atoms with Gasteiger partial charge in [-0.1, -0.05) is 59.1 Å². The molecule has 1 aromatic rings. The maximum Gasteiger partial charge on any atom is 0.0183 e. The summed E-state index contributed by atoms with van der Waals surface area (Å²) in [5.74, 6) is 0.582. The molecule has 13 heavy (non-hydrogen) atoms. The number of aryl methyl sites for hydroxylation is 2. The van der Waals surface area contributed by atoms with Crippen LogP contribution in [0.15, 0.2) is 18.2 Å². The van der Waals surface area contributed by atoms with Gasteiger partial charge in [0, 0.05) is 4.83 Å². The van der Waals surface area contributed by atoms with Crippen LogP contribution in [0.3, 0.4) is 0 Å². The molecule has 0 fully saturated rings. The van der Waals surface area contributed by atoms with Crippen molar-refractivity contribution < 1.29 is 0 Å². The highest BCUT2D eigenvalue weighted by Gasteiger charge is 2.11. The second-order valence-corrected chi connectivity index (χ2v) is 5.33. The van der Waals surface area contributed by atoms with Crippen molar-refractivity contribution >= 4 is 15.9 Å². The molecule has 0 bridgehead atoms. The minimum absolute atomic E-state index is 0.536. The van der Waals surface area contributed by atoms with Crippen LogP contribution in [0, 0.1) is 13.8 Å². The number of halogens is 1. The Morgan fingerprint density at radius 2 is 1.46 bits per heavy atom. The summed E-state index contributed by atoms with van der Waals surface area (Å²) in [6, 6.07) is 6.76. The lowest BCUT2D eigenvalue weighted by Crippen LogP contribution is -2.04. The van der Waals surface area contributed by atoms with Gasteiger partial charge in [0.2, 0.25) is 0 Å². The first-order valence-electron chi connectivity index (χ1n) is 4.73. The summed E-state index contributed by atoms with van der Waals surface area (Å²) in [6.07, 6.45) is 0. The van der Waals surface area contributed by atoms with Crippen LogP contribution in [-0.2, 0) is 0 Å². The minimum atomic E-state index is 0.536. The molecule has 0 amide bonds. The summed E-state index contributed by atoms with van der Waals surface area (Å²) in [4.78, 5) is 0.536. The fraction of sp³-hybridized carbons (Fsp3) is 0.500. The maximum absolute atomic E-state index is 3.63. The standard InChI is InChI=1S/C12H17Br/c1-8-5-9(2)7-12(6-8)10(3)11(4)13/h5-7,10-11H,1-4H3. The molecule has 0 radical (unpaired) electrons. The highest BCUT2D eigenvalue weighted by molar-refractivity contribution is 9.09. The van der Waals surface area contributed by atoms with Crippen LogP contribution >= 0.6 is 15.9 Å². The van der Waals surface area contributed by atoms with Gasteiger partial charge in [-0.2, -0.15) is 0 Å². The molecule has 1 rings (SSSR count). The lowest BCUT2D eigenvalue weighted by Gasteiger charge is -2.15. The van der Waals surface area contributed by atoms with Crippen molar-refractivity contribution in [1.82, 2.24) is 0 Å². The largest absolute Gasteiger partial charge is 0.0887 e. The Morgan fingerprint density at radius 1 is 1.00 bits per heavy atom. The molecule has 1 aromatic carbocycles. The molecule has 0 saturated heterocycles. The molecule has 1 heteroatoms. The van der Waals surface area contributed by atoms with Crippen LogP contribution in [0.25, 0.3) is 0 Å². The van der Waals surface area contributed by atoms with Gasteiger partial charge in [0.15, 0.2) is 0 Å². The van der Waals surface area contributed by atoms with Crippen LogP contribution in [0.5, 0.6) is 0 Å². The van der Waals surface area contributed by atoms with Crippen molar-refractivity contribution in [2.24, 2.45) is 0 Å². The first kappa shape index (κ1) is 10.8. The van der Waals surface area contributed by atoms with Crippen molar-refractivity contribution in [3.63, 3.8) is 0 Å². The third-order valence-corrected chi connectivity index (χ3v) is 3.25. The molecule has 0 nitrogen and oxygen atoms in total. The molecule has 0 heterocycles. The van der Waals surface area contributed by atoms with E-state index in [0.29, 0.717) is 10.7 Å². The van der Waals surface area contributed by atoms with E-state index in [0.717, 1.165) is 0 Å². The lowest BCUT2D eigenvalue weighted by atomic mass is 9.95. The number of hydrogen-bond acceptors (Lipinski definition) is 0. The predicted molar refractivity (Wildman–Crippen MR) is 62.7 cm³/mol. The molecule has 0 aliphatic rings. The van der Waals surface area contributed by atoms with Crippen molar-refractivity contribution in [2.75, 3.05) is 0 Å². The van der Waals surface area contributed by atoms with Gasteiger partial charge in [0.25, 0.3) is 0 Å². The van der Waals surface area contributed by atoms with Crippen molar-refractivity contribution in [2.45, 2.75) is 38.4 Å². The van der Waals surface area contributed by atoms with Gasteiger partial charge >= 0.3 is 0 Å². The van der Waals surface area contributed by atoms with Gasteiger partial charge in [-0.05, 0) is 25.3 Å². The molecule has 0 spiro atoms.